The molecule has 2 heterocycles. The van der Waals surface area contributed by atoms with Crippen molar-refractivity contribution >= 4 is 6.08 Å². The van der Waals surface area contributed by atoms with Crippen LogP contribution < -0.4 is 0 Å². The van der Waals surface area contributed by atoms with E-state index < -0.39 is 0 Å². The van der Waals surface area contributed by atoms with Gasteiger partial charge in [-0.3, -0.25) is 4.90 Å². The van der Waals surface area contributed by atoms with Gasteiger partial charge in [0, 0.05) is 18.7 Å². The van der Waals surface area contributed by atoms with Crippen LogP contribution in [0.15, 0.2) is 32.9 Å². The standard InChI is InChI=1S/C15H20N2O2/c1-11(8-14-6-5-7-18-14)9-17(4)10-15-12(2)16-19-13(15)3/h5-8H,9-10H2,1-4H3/b11-8+. The highest BCUT2D eigenvalue weighted by atomic mass is 16.5. The minimum Gasteiger partial charge on any atom is -0.465 e. The van der Waals surface area contributed by atoms with Crippen LogP contribution in [0.3, 0.4) is 0 Å². The van der Waals surface area contributed by atoms with Gasteiger partial charge >= 0.3 is 0 Å². The quantitative estimate of drug-likeness (QED) is 0.826. The summed E-state index contributed by atoms with van der Waals surface area (Å²) >= 11 is 0. The lowest BCUT2D eigenvalue weighted by molar-refractivity contribution is 0.348. The fraction of sp³-hybridized carbons (Fsp3) is 0.400. The van der Waals surface area contributed by atoms with E-state index in [-0.39, 0.29) is 0 Å². The predicted molar refractivity (Wildman–Crippen MR) is 74.7 cm³/mol. The minimum atomic E-state index is 0.838. The van der Waals surface area contributed by atoms with Gasteiger partial charge in [0.1, 0.15) is 11.5 Å². The minimum absolute atomic E-state index is 0.838. The van der Waals surface area contributed by atoms with Gasteiger partial charge < -0.3 is 8.94 Å². The molecule has 0 aliphatic carbocycles. The smallest absolute Gasteiger partial charge is 0.138 e. The first-order valence-electron chi connectivity index (χ1n) is 6.37. The van der Waals surface area contributed by atoms with Crippen LogP contribution in [0.2, 0.25) is 0 Å². The molecule has 0 amide bonds. The molecule has 0 fully saturated rings. The summed E-state index contributed by atoms with van der Waals surface area (Å²) in [5.41, 5.74) is 3.40. The van der Waals surface area contributed by atoms with Crippen LogP contribution >= 0.6 is 0 Å². The van der Waals surface area contributed by atoms with Gasteiger partial charge in [0.05, 0.1) is 12.0 Å². The van der Waals surface area contributed by atoms with E-state index in [1.807, 2.05) is 26.0 Å². The summed E-state index contributed by atoms with van der Waals surface area (Å²) in [6.07, 6.45) is 3.75. The molecule has 2 rings (SSSR count). The van der Waals surface area contributed by atoms with E-state index in [4.69, 9.17) is 8.94 Å². The summed E-state index contributed by atoms with van der Waals surface area (Å²) in [5.74, 6) is 1.79. The van der Waals surface area contributed by atoms with Crippen molar-refractivity contribution < 1.29 is 8.94 Å². The number of hydrogen-bond donors (Lipinski definition) is 0. The summed E-state index contributed by atoms with van der Waals surface area (Å²) < 4.78 is 10.5. The molecular weight excluding hydrogens is 240 g/mol. The summed E-state index contributed by atoms with van der Waals surface area (Å²) in [6.45, 7) is 7.75. The fourth-order valence-corrected chi connectivity index (χ4v) is 2.14. The van der Waals surface area contributed by atoms with Gasteiger partial charge in [-0.25, -0.2) is 0 Å². The molecular formula is C15H20N2O2. The van der Waals surface area contributed by atoms with Gasteiger partial charge in [-0.05, 0) is 46.0 Å². The second kappa shape index (κ2) is 5.89. The molecule has 4 nitrogen and oxygen atoms in total. The first kappa shape index (κ1) is 13.6. The molecule has 0 aliphatic heterocycles. The molecule has 2 aromatic heterocycles. The van der Waals surface area contributed by atoms with Crippen molar-refractivity contribution in [3.05, 3.63) is 46.7 Å². The van der Waals surface area contributed by atoms with Gasteiger partial charge in [0.15, 0.2) is 0 Å². The third-order valence-electron chi connectivity index (χ3n) is 3.06. The zero-order valence-corrected chi connectivity index (χ0v) is 11.9. The maximum Gasteiger partial charge on any atom is 0.138 e. The molecule has 0 bridgehead atoms. The van der Waals surface area contributed by atoms with Crippen LogP contribution in [-0.2, 0) is 6.54 Å². The summed E-state index contributed by atoms with van der Waals surface area (Å²) in [6, 6.07) is 3.85. The molecule has 4 heteroatoms. The first-order chi connectivity index (χ1) is 9.06. The Morgan fingerprint density at radius 1 is 1.42 bits per heavy atom. The van der Waals surface area contributed by atoms with E-state index in [1.54, 1.807) is 6.26 Å². The largest absolute Gasteiger partial charge is 0.465 e. The van der Waals surface area contributed by atoms with E-state index in [0.29, 0.717) is 0 Å². The highest BCUT2D eigenvalue weighted by Gasteiger charge is 2.11. The Hall–Kier alpha value is -1.81. The summed E-state index contributed by atoms with van der Waals surface area (Å²) in [5, 5.41) is 3.98. The van der Waals surface area contributed by atoms with Crippen LogP contribution in [-0.4, -0.2) is 23.6 Å². The lowest BCUT2D eigenvalue weighted by Crippen LogP contribution is -2.20. The van der Waals surface area contributed by atoms with Crippen LogP contribution in [0.1, 0.15) is 29.7 Å². The topological polar surface area (TPSA) is 42.4 Å². The van der Waals surface area contributed by atoms with E-state index >= 15 is 0 Å². The Morgan fingerprint density at radius 3 is 2.79 bits per heavy atom. The third kappa shape index (κ3) is 3.58. The molecule has 0 saturated carbocycles. The van der Waals surface area contributed by atoms with Crippen molar-refractivity contribution in [3.8, 4) is 0 Å². The van der Waals surface area contributed by atoms with Crippen LogP contribution in [0.25, 0.3) is 6.08 Å². The highest BCUT2D eigenvalue weighted by Crippen LogP contribution is 2.15. The molecule has 0 spiro atoms. The van der Waals surface area contributed by atoms with Crippen LogP contribution in [0.5, 0.6) is 0 Å². The molecule has 0 atom stereocenters. The van der Waals surface area contributed by atoms with Gasteiger partial charge in [0.2, 0.25) is 0 Å². The maximum absolute atomic E-state index is 5.31. The Bertz CT molecular complexity index is 533. The molecule has 0 aromatic carbocycles. The SMILES string of the molecule is C/C(=C\c1ccco1)CN(C)Cc1c(C)noc1C. The van der Waals surface area contributed by atoms with E-state index in [2.05, 4.69) is 30.1 Å². The fourth-order valence-electron chi connectivity index (χ4n) is 2.14. The molecule has 19 heavy (non-hydrogen) atoms. The van der Waals surface area contributed by atoms with Gasteiger partial charge in [0.25, 0.3) is 0 Å². The predicted octanol–water partition coefficient (Wildman–Crippen LogP) is 3.42. The third-order valence-corrected chi connectivity index (χ3v) is 3.06. The Morgan fingerprint density at radius 2 is 2.21 bits per heavy atom. The highest BCUT2D eigenvalue weighted by molar-refractivity contribution is 5.46. The molecule has 0 unspecified atom stereocenters. The lowest BCUT2D eigenvalue weighted by Gasteiger charge is -2.16. The van der Waals surface area contributed by atoms with E-state index in [9.17, 15) is 0 Å². The molecule has 0 aliphatic rings. The normalized spacial score (nSPS) is 12.4. The van der Waals surface area contributed by atoms with Gasteiger partial charge in [-0.15, -0.1) is 0 Å². The lowest BCUT2D eigenvalue weighted by atomic mass is 10.2. The molecule has 0 saturated heterocycles. The van der Waals surface area contributed by atoms with Crippen LogP contribution in [0, 0.1) is 13.8 Å². The summed E-state index contributed by atoms with van der Waals surface area (Å²) in [7, 11) is 2.09. The van der Waals surface area contributed by atoms with Crippen LogP contribution in [0.4, 0.5) is 0 Å². The Labute approximate surface area is 113 Å². The van der Waals surface area contributed by atoms with Crippen molar-refractivity contribution in [2.45, 2.75) is 27.3 Å². The van der Waals surface area contributed by atoms with E-state index in [1.165, 1.54) is 11.1 Å². The van der Waals surface area contributed by atoms with Crippen molar-refractivity contribution in [1.82, 2.24) is 10.1 Å². The zero-order chi connectivity index (χ0) is 13.8. The average Bonchev–Trinajstić information content (AvgIpc) is 2.94. The van der Waals surface area contributed by atoms with Crippen molar-refractivity contribution in [3.63, 3.8) is 0 Å². The van der Waals surface area contributed by atoms with Gasteiger partial charge in [-0.2, -0.15) is 0 Å². The number of aromatic nitrogens is 1. The van der Waals surface area contributed by atoms with Gasteiger partial charge in [-0.1, -0.05) is 10.7 Å². The van der Waals surface area contributed by atoms with Crippen molar-refractivity contribution in [2.75, 3.05) is 13.6 Å². The molecule has 0 N–H and O–H groups in total. The number of rotatable bonds is 5. The number of aryl methyl sites for hydroxylation is 2. The van der Waals surface area contributed by atoms with E-state index in [0.717, 1.165) is 30.3 Å². The molecule has 2 aromatic rings. The Balaban J connectivity index is 1.96. The number of likely N-dealkylation sites (N-methyl/N-ethyl adjacent to an activating group) is 1. The van der Waals surface area contributed by atoms with Crippen molar-refractivity contribution in [2.24, 2.45) is 0 Å². The number of nitrogens with zero attached hydrogens (tertiary/aromatic N) is 2. The average molecular weight is 260 g/mol. The molecule has 102 valence electrons. The summed E-state index contributed by atoms with van der Waals surface area (Å²) in [4.78, 5) is 2.24. The van der Waals surface area contributed by atoms with Crippen molar-refractivity contribution in [1.29, 1.82) is 0 Å². The maximum atomic E-state index is 5.31. The number of hydrogen-bond acceptors (Lipinski definition) is 4. The monoisotopic (exact) mass is 260 g/mol. The zero-order valence-electron chi connectivity index (χ0n) is 11.9. The second-order valence-electron chi connectivity index (χ2n) is 4.98. The Kier molecular flexibility index (Phi) is 4.22. The molecule has 0 radical (unpaired) electrons. The first-order valence-corrected chi connectivity index (χ1v) is 6.37. The second-order valence-corrected chi connectivity index (χ2v) is 4.98. The number of furan rings is 1.